The zero-order valence-electron chi connectivity index (χ0n) is 17.9. The van der Waals surface area contributed by atoms with Crippen molar-refractivity contribution in [2.45, 2.75) is 44.2 Å². The highest BCUT2D eigenvalue weighted by atomic mass is 32.2. The largest absolute Gasteiger partial charge is 0.356 e. The zero-order valence-corrected chi connectivity index (χ0v) is 18.7. The maximum Gasteiger partial charge on any atom is 0.220 e. The minimum absolute atomic E-state index is 0.0719. The SMILES string of the molecule is CSc1nc(C)c(CCC(=O)NCCC(c2ccccc2)c2ccccc2)c(C)n1. The summed E-state index contributed by atoms with van der Waals surface area (Å²) in [6.07, 6.45) is 3.95. The van der Waals surface area contributed by atoms with Crippen LogP contribution in [0.3, 0.4) is 0 Å². The highest BCUT2D eigenvalue weighted by Crippen LogP contribution is 2.27. The van der Waals surface area contributed by atoms with Crippen molar-refractivity contribution in [1.29, 1.82) is 0 Å². The molecule has 0 saturated heterocycles. The monoisotopic (exact) mass is 419 g/mol. The molecule has 5 heteroatoms. The molecule has 0 radical (unpaired) electrons. The van der Waals surface area contributed by atoms with Crippen LogP contribution >= 0.6 is 11.8 Å². The van der Waals surface area contributed by atoms with Crippen LogP contribution in [0.15, 0.2) is 65.8 Å². The van der Waals surface area contributed by atoms with Gasteiger partial charge >= 0.3 is 0 Å². The number of nitrogens with zero attached hydrogens (tertiary/aromatic N) is 2. The summed E-state index contributed by atoms with van der Waals surface area (Å²) in [6.45, 7) is 4.63. The van der Waals surface area contributed by atoms with Crippen LogP contribution in [0.4, 0.5) is 0 Å². The number of rotatable bonds is 9. The van der Waals surface area contributed by atoms with E-state index >= 15 is 0 Å². The van der Waals surface area contributed by atoms with Crippen molar-refractivity contribution in [3.63, 3.8) is 0 Å². The third-order valence-corrected chi connectivity index (χ3v) is 5.89. The first-order valence-corrected chi connectivity index (χ1v) is 11.6. The van der Waals surface area contributed by atoms with Gasteiger partial charge < -0.3 is 5.32 Å². The second kappa shape index (κ2) is 10.9. The smallest absolute Gasteiger partial charge is 0.220 e. The van der Waals surface area contributed by atoms with Crippen molar-refractivity contribution in [3.05, 3.63) is 88.7 Å². The topological polar surface area (TPSA) is 54.9 Å². The molecule has 1 heterocycles. The minimum Gasteiger partial charge on any atom is -0.356 e. The lowest BCUT2D eigenvalue weighted by molar-refractivity contribution is -0.121. The number of nitrogens with one attached hydrogen (secondary N) is 1. The first-order valence-electron chi connectivity index (χ1n) is 10.3. The lowest BCUT2D eigenvalue weighted by Crippen LogP contribution is -2.26. The first kappa shape index (κ1) is 22.0. The molecule has 3 aromatic rings. The normalized spacial score (nSPS) is 10.9. The zero-order chi connectivity index (χ0) is 21.3. The molecule has 0 unspecified atom stereocenters. The van der Waals surface area contributed by atoms with Crippen LogP contribution in [0.1, 0.15) is 46.8 Å². The summed E-state index contributed by atoms with van der Waals surface area (Å²) in [4.78, 5) is 21.5. The lowest BCUT2D eigenvalue weighted by Gasteiger charge is -2.18. The molecule has 1 N–H and O–H groups in total. The highest BCUT2D eigenvalue weighted by Gasteiger charge is 2.15. The van der Waals surface area contributed by atoms with E-state index in [1.54, 1.807) is 0 Å². The Morgan fingerprint density at radius 3 is 1.97 bits per heavy atom. The molecule has 0 atom stereocenters. The third kappa shape index (κ3) is 5.92. The molecule has 4 nitrogen and oxygen atoms in total. The Morgan fingerprint density at radius 1 is 0.933 bits per heavy atom. The molecule has 0 fully saturated rings. The Hall–Kier alpha value is -2.66. The molecular formula is C25H29N3OS. The van der Waals surface area contributed by atoms with Gasteiger partial charge in [-0.15, -0.1) is 0 Å². The van der Waals surface area contributed by atoms with Gasteiger partial charge in [0.05, 0.1) is 0 Å². The quantitative estimate of drug-likeness (QED) is 0.388. The number of thioether (sulfide) groups is 1. The number of aromatic nitrogens is 2. The highest BCUT2D eigenvalue weighted by molar-refractivity contribution is 7.98. The van der Waals surface area contributed by atoms with E-state index in [9.17, 15) is 4.79 Å². The van der Waals surface area contributed by atoms with Crippen LogP contribution in [0.5, 0.6) is 0 Å². The van der Waals surface area contributed by atoms with Crippen LogP contribution in [0, 0.1) is 13.8 Å². The van der Waals surface area contributed by atoms with E-state index in [1.165, 1.54) is 22.9 Å². The molecule has 1 amide bonds. The molecule has 2 aromatic carbocycles. The summed E-state index contributed by atoms with van der Waals surface area (Å²) in [5.41, 5.74) is 5.56. The molecule has 0 spiro atoms. The Labute approximate surface area is 183 Å². The Kier molecular flexibility index (Phi) is 8.03. The van der Waals surface area contributed by atoms with Gasteiger partial charge in [0.1, 0.15) is 0 Å². The van der Waals surface area contributed by atoms with Crippen molar-refractivity contribution >= 4 is 17.7 Å². The van der Waals surface area contributed by atoms with Gasteiger partial charge in [-0.05, 0) is 49.6 Å². The number of hydrogen-bond donors (Lipinski definition) is 1. The predicted octanol–water partition coefficient (Wildman–Crippen LogP) is 5.09. The molecular weight excluding hydrogens is 390 g/mol. The summed E-state index contributed by atoms with van der Waals surface area (Å²) in [6, 6.07) is 21.0. The molecule has 0 aliphatic rings. The summed E-state index contributed by atoms with van der Waals surface area (Å²) in [5, 5.41) is 3.88. The van der Waals surface area contributed by atoms with Gasteiger partial charge in [-0.1, -0.05) is 72.4 Å². The van der Waals surface area contributed by atoms with Crippen molar-refractivity contribution in [2.24, 2.45) is 0 Å². The lowest BCUT2D eigenvalue weighted by atomic mass is 9.88. The molecule has 1 aromatic heterocycles. The number of amides is 1. The molecule has 3 rings (SSSR count). The van der Waals surface area contributed by atoms with Crippen molar-refractivity contribution < 1.29 is 4.79 Å². The van der Waals surface area contributed by atoms with Gasteiger partial charge in [0.25, 0.3) is 0 Å². The molecule has 30 heavy (non-hydrogen) atoms. The Morgan fingerprint density at radius 2 is 1.47 bits per heavy atom. The Balaban J connectivity index is 1.56. The van der Waals surface area contributed by atoms with E-state index in [2.05, 4.69) is 63.8 Å². The Bertz CT molecular complexity index is 898. The molecule has 0 saturated carbocycles. The second-order valence-electron chi connectivity index (χ2n) is 7.37. The summed E-state index contributed by atoms with van der Waals surface area (Å²) in [5.74, 6) is 0.340. The van der Waals surface area contributed by atoms with Crippen molar-refractivity contribution in [3.8, 4) is 0 Å². The van der Waals surface area contributed by atoms with Crippen LogP contribution in [0.25, 0.3) is 0 Å². The average Bonchev–Trinajstić information content (AvgIpc) is 2.77. The molecule has 0 bridgehead atoms. The van der Waals surface area contributed by atoms with Gasteiger partial charge in [0, 0.05) is 30.3 Å². The van der Waals surface area contributed by atoms with Crippen LogP contribution in [-0.2, 0) is 11.2 Å². The fourth-order valence-corrected chi connectivity index (χ4v) is 4.20. The number of hydrogen-bond acceptors (Lipinski definition) is 4. The van der Waals surface area contributed by atoms with E-state index < -0.39 is 0 Å². The maximum absolute atomic E-state index is 12.5. The standard InChI is InChI=1S/C25H29N3OS/c1-18-22(19(2)28-25(27-18)30-3)14-15-24(29)26-17-16-23(20-10-6-4-7-11-20)21-12-8-5-9-13-21/h4-13,23H,14-17H2,1-3H3,(H,26,29). The third-order valence-electron chi connectivity index (χ3n) is 5.34. The summed E-state index contributed by atoms with van der Waals surface area (Å²) < 4.78 is 0. The number of aryl methyl sites for hydroxylation is 2. The number of benzene rings is 2. The van der Waals surface area contributed by atoms with Gasteiger partial charge in [0.2, 0.25) is 5.91 Å². The van der Waals surface area contributed by atoms with E-state index in [4.69, 9.17) is 0 Å². The minimum atomic E-state index is 0.0719. The predicted molar refractivity (Wildman–Crippen MR) is 124 cm³/mol. The van der Waals surface area contributed by atoms with E-state index in [0.717, 1.165) is 28.5 Å². The fourth-order valence-electron chi connectivity index (χ4n) is 3.74. The van der Waals surface area contributed by atoms with Gasteiger partial charge in [-0.2, -0.15) is 0 Å². The van der Waals surface area contributed by atoms with Crippen LogP contribution in [-0.4, -0.2) is 28.7 Å². The van der Waals surface area contributed by atoms with Crippen molar-refractivity contribution in [2.75, 3.05) is 12.8 Å². The molecule has 156 valence electrons. The summed E-state index contributed by atoms with van der Waals surface area (Å²) in [7, 11) is 0. The molecule has 0 aliphatic heterocycles. The van der Waals surface area contributed by atoms with Gasteiger partial charge in [-0.3, -0.25) is 4.79 Å². The number of carbonyl (C=O) groups excluding carboxylic acids is 1. The second-order valence-corrected chi connectivity index (χ2v) is 8.15. The van der Waals surface area contributed by atoms with Gasteiger partial charge in [0.15, 0.2) is 5.16 Å². The number of carbonyl (C=O) groups is 1. The van der Waals surface area contributed by atoms with Crippen LogP contribution < -0.4 is 5.32 Å². The van der Waals surface area contributed by atoms with Crippen molar-refractivity contribution in [1.82, 2.24) is 15.3 Å². The van der Waals surface area contributed by atoms with Gasteiger partial charge in [-0.25, -0.2) is 9.97 Å². The molecule has 0 aliphatic carbocycles. The van der Waals surface area contributed by atoms with E-state index in [-0.39, 0.29) is 11.8 Å². The maximum atomic E-state index is 12.5. The summed E-state index contributed by atoms with van der Waals surface area (Å²) >= 11 is 1.54. The fraction of sp³-hybridized carbons (Fsp3) is 0.320. The van der Waals surface area contributed by atoms with E-state index in [1.807, 2.05) is 32.2 Å². The van der Waals surface area contributed by atoms with E-state index in [0.29, 0.717) is 19.4 Å². The average molecular weight is 420 g/mol. The van der Waals surface area contributed by atoms with Crippen LogP contribution in [0.2, 0.25) is 0 Å². The first-order chi connectivity index (χ1) is 14.6.